The number of benzene rings is 1. The van der Waals surface area contributed by atoms with Crippen molar-refractivity contribution in [3.8, 4) is 0 Å². The van der Waals surface area contributed by atoms with Crippen molar-refractivity contribution in [1.82, 2.24) is 4.57 Å². The average Bonchev–Trinajstić information content (AvgIpc) is 2.51. The maximum absolute atomic E-state index is 12.7. The van der Waals surface area contributed by atoms with E-state index >= 15 is 0 Å². The van der Waals surface area contributed by atoms with Gasteiger partial charge in [0.25, 0.3) is 5.56 Å². The quantitative estimate of drug-likeness (QED) is 0.595. The van der Waals surface area contributed by atoms with Crippen LogP contribution in [-0.4, -0.2) is 10.5 Å². The zero-order valence-corrected chi connectivity index (χ0v) is 12.9. The smallest absolute Gasteiger partial charge is 0.345 e. The van der Waals surface area contributed by atoms with Crippen LogP contribution in [0.1, 0.15) is 20.3 Å². The van der Waals surface area contributed by atoms with Crippen LogP contribution < -0.4 is 16.5 Å². The van der Waals surface area contributed by atoms with E-state index in [4.69, 9.17) is 4.42 Å². The molecule has 6 heteroatoms. The van der Waals surface area contributed by atoms with Crippen molar-refractivity contribution < 1.29 is 9.21 Å². The molecule has 23 heavy (non-hydrogen) atoms. The van der Waals surface area contributed by atoms with E-state index in [0.29, 0.717) is 29.5 Å². The second-order valence-electron chi connectivity index (χ2n) is 5.34. The number of amides is 1. The van der Waals surface area contributed by atoms with Crippen LogP contribution in [0.15, 0.2) is 44.3 Å². The van der Waals surface area contributed by atoms with Gasteiger partial charge < -0.3 is 14.3 Å². The molecule has 3 aromatic rings. The Balaban J connectivity index is 2.53. The number of aromatic nitrogens is 1. The highest BCUT2D eigenvalue weighted by atomic mass is 16.4. The number of para-hydroxylation sites is 1. The number of carbonyl (C=O) groups is 1. The second kappa shape index (κ2) is 5.72. The summed E-state index contributed by atoms with van der Waals surface area (Å²) in [5.41, 5.74) is 0.195. The van der Waals surface area contributed by atoms with Crippen molar-refractivity contribution in [2.45, 2.75) is 26.8 Å². The first-order valence-electron chi connectivity index (χ1n) is 7.40. The topological polar surface area (TPSA) is 81.3 Å². The molecule has 1 amide bonds. The largest absolute Gasteiger partial charge is 0.422 e. The molecule has 0 aliphatic rings. The number of rotatable bonds is 3. The van der Waals surface area contributed by atoms with Crippen LogP contribution in [0.4, 0.5) is 5.69 Å². The highest BCUT2D eigenvalue weighted by Gasteiger charge is 2.16. The molecule has 0 radical (unpaired) electrons. The zero-order valence-electron chi connectivity index (χ0n) is 12.9. The minimum atomic E-state index is -0.532. The van der Waals surface area contributed by atoms with Crippen LogP contribution in [-0.2, 0) is 11.3 Å². The molecule has 0 saturated carbocycles. The van der Waals surface area contributed by atoms with Gasteiger partial charge in [0.15, 0.2) is 0 Å². The van der Waals surface area contributed by atoms with Crippen molar-refractivity contribution in [1.29, 1.82) is 0 Å². The average molecular weight is 312 g/mol. The molecule has 1 N–H and O–H groups in total. The van der Waals surface area contributed by atoms with E-state index in [1.165, 1.54) is 17.6 Å². The van der Waals surface area contributed by atoms with Gasteiger partial charge in [0.2, 0.25) is 5.91 Å². The summed E-state index contributed by atoms with van der Waals surface area (Å²) in [5.74, 6) is -0.366. The van der Waals surface area contributed by atoms with Crippen LogP contribution in [0.2, 0.25) is 0 Å². The molecule has 0 atom stereocenters. The van der Waals surface area contributed by atoms with Crippen molar-refractivity contribution in [3.05, 3.63) is 51.1 Å². The summed E-state index contributed by atoms with van der Waals surface area (Å²) < 4.78 is 6.85. The van der Waals surface area contributed by atoms with Gasteiger partial charge >= 0.3 is 5.63 Å². The summed E-state index contributed by atoms with van der Waals surface area (Å²) in [6.45, 7) is 3.70. The number of hydrogen-bond acceptors (Lipinski definition) is 4. The van der Waals surface area contributed by atoms with Gasteiger partial charge in [0.1, 0.15) is 11.3 Å². The number of pyridine rings is 1. The van der Waals surface area contributed by atoms with E-state index < -0.39 is 5.63 Å². The molecule has 0 bridgehead atoms. The van der Waals surface area contributed by atoms with Gasteiger partial charge in [-0.05, 0) is 24.6 Å². The maximum atomic E-state index is 12.7. The minimum Gasteiger partial charge on any atom is -0.422 e. The number of fused-ring (bicyclic) bond motifs is 3. The van der Waals surface area contributed by atoms with Gasteiger partial charge in [0.05, 0.1) is 10.9 Å². The highest BCUT2D eigenvalue weighted by Crippen LogP contribution is 2.23. The molecule has 0 aliphatic carbocycles. The second-order valence-corrected chi connectivity index (χ2v) is 5.34. The minimum absolute atomic E-state index is 0.0843. The summed E-state index contributed by atoms with van der Waals surface area (Å²) in [4.78, 5) is 36.3. The van der Waals surface area contributed by atoms with Gasteiger partial charge in [-0.1, -0.05) is 19.1 Å². The van der Waals surface area contributed by atoms with Crippen LogP contribution in [0.3, 0.4) is 0 Å². The molecule has 2 heterocycles. The summed E-state index contributed by atoms with van der Waals surface area (Å²) in [7, 11) is 0. The Hall–Kier alpha value is -2.89. The molecule has 118 valence electrons. The van der Waals surface area contributed by atoms with Crippen molar-refractivity contribution >= 4 is 33.5 Å². The van der Waals surface area contributed by atoms with Gasteiger partial charge in [-0.25, -0.2) is 4.79 Å². The Kier molecular flexibility index (Phi) is 3.73. The number of aryl methyl sites for hydroxylation is 1. The number of carbonyl (C=O) groups excluding carboxylic acids is 1. The van der Waals surface area contributed by atoms with E-state index in [-0.39, 0.29) is 22.5 Å². The third-order valence-corrected chi connectivity index (χ3v) is 3.61. The van der Waals surface area contributed by atoms with Crippen molar-refractivity contribution in [2.24, 2.45) is 0 Å². The third-order valence-electron chi connectivity index (χ3n) is 3.61. The Bertz CT molecular complexity index is 1030. The molecular formula is C17H16N2O4. The number of nitrogens with one attached hydrogen (secondary N) is 1. The van der Waals surface area contributed by atoms with Crippen molar-refractivity contribution in [2.75, 3.05) is 5.32 Å². The predicted molar refractivity (Wildman–Crippen MR) is 88.8 cm³/mol. The first kappa shape index (κ1) is 15.0. The van der Waals surface area contributed by atoms with E-state index in [2.05, 4.69) is 5.32 Å². The molecular weight excluding hydrogens is 296 g/mol. The lowest BCUT2D eigenvalue weighted by atomic mass is 10.1. The Morgan fingerprint density at radius 1 is 1.22 bits per heavy atom. The van der Waals surface area contributed by atoms with Gasteiger partial charge in [-0.15, -0.1) is 0 Å². The third kappa shape index (κ3) is 2.52. The number of hydrogen-bond donors (Lipinski definition) is 1. The molecule has 1 aromatic carbocycles. The van der Waals surface area contributed by atoms with Gasteiger partial charge in [-0.3, -0.25) is 9.59 Å². The maximum Gasteiger partial charge on any atom is 0.345 e. The monoisotopic (exact) mass is 312 g/mol. The van der Waals surface area contributed by atoms with E-state index in [1.807, 2.05) is 19.1 Å². The summed E-state index contributed by atoms with van der Waals surface area (Å²) >= 11 is 0. The SMILES string of the molecule is CCCn1c(=O)c(NC(C)=O)cc2c(=O)oc3ccccc3c21. The Morgan fingerprint density at radius 2 is 1.96 bits per heavy atom. The Labute approximate surface area is 131 Å². The molecule has 6 nitrogen and oxygen atoms in total. The summed E-state index contributed by atoms with van der Waals surface area (Å²) in [6.07, 6.45) is 0.715. The zero-order chi connectivity index (χ0) is 16.6. The predicted octanol–water partition coefficient (Wildman–Crippen LogP) is 2.48. The van der Waals surface area contributed by atoms with Crippen LogP contribution in [0, 0.1) is 0 Å². The fourth-order valence-corrected chi connectivity index (χ4v) is 2.74. The van der Waals surface area contributed by atoms with Gasteiger partial charge in [0, 0.05) is 18.9 Å². The molecule has 0 aliphatic heterocycles. The summed E-state index contributed by atoms with van der Waals surface area (Å²) in [6, 6.07) is 8.49. The lowest BCUT2D eigenvalue weighted by Crippen LogP contribution is -2.26. The van der Waals surface area contributed by atoms with Crippen LogP contribution >= 0.6 is 0 Å². The fourth-order valence-electron chi connectivity index (χ4n) is 2.74. The lowest BCUT2D eigenvalue weighted by Gasteiger charge is -2.13. The first-order chi connectivity index (χ1) is 11.0. The first-order valence-corrected chi connectivity index (χ1v) is 7.40. The highest BCUT2D eigenvalue weighted by molar-refractivity contribution is 6.03. The van der Waals surface area contributed by atoms with E-state index in [1.54, 1.807) is 12.1 Å². The number of nitrogens with zero attached hydrogens (tertiary/aromatic N) is 1. The summed E-state index contributed by atoms with van der Waals surface area (Å²) in [5, 5.41) is 3.46. The molecule has 0 spiro atoms. The number of anilines is 1. The van der Waals surface area contributed by atoms with E-state index in [0.717, 1.165) is 0 Å². The van der Waals surface area contributed by atoms with E-state index in [9.17, 15) is 14.4 Å². The standard InChI is InChI=1S/C17H16N2O4/c1-3-8-19-15-11-6-4-5-7-14(11)23-17(22)12(15)9-13(16(19)21)18-10(2)20/h4-7,9H,3,8H2,1-2H3,(H,18,20). The molecule has 0 unspecified atom stereocenters. The molecule has 0 fully saturated rings. The van der Waals surface area contributed by atoms with Crippen LogP contribution in [0.5, 0.6) is 0 Å². The molecule has 3 rings (SSSR count). The fraction of sp³-hybridized carbons (Fsp3) is 0.235. The molecule has 2 aromatic heterocycles. The van der Waals surface area contributed by atoms with Crippen molar-refractivity contribution in [3.63, 3.8) is 0 Å². The van der Waals surface area contributed by atoms with Gasteiger partial charge in [-0.2, -0.15) is 0 Å². The lowest BCUT2D eigenvalue weighted by molar-refractivity contribution is -0.114. The molecule has 0 saturated heterocycles. The van der Waals surface area contributed by atoms with Crippen LogP contribution in [0.25, 0.3) is 21.9 Å². The normalized spacial score (nSPS) is 11.0. The Morgan fingerprint density at radius 3 is 2.65 bits per heavy atom.